The molecule has 8 nitrogen and oxygen atoms in total. The second kappa shape index (κ2) is 8.99. The smallest absolute Gasteiger partial charge is 0.113 e. The summed E-state index contributed by atoms with van der Waals surface area (Å²) in [6.45, 7) is 4.49. The summed E-state index contributed by atoms with van der Waals surface area (Å²) in [6.07, 6.45) is 3.31. The molecule has 0 amide bonds. The van der Waals surface area contributed by atoms with Gasteiger partial charge in [0.1, 0.15) is 22.1 Å². The van der Waals surface area contributed by atoms with Crippen LogP contribution in [0.2, 0.25) is 0 Å². The average Bonchev–Trinajstić information content (AvgIpc) is 3.47. The monoisotopic (exact) mass is 474 g/mol. The van der Waals surface area contributed by atoms with Crippen LogP contribution in [0.5, 0.6) is 0 Å². The van der Waals surface area contributed by atoms with Gasteiger partial charge in [0.25, 0.3) is 0 Å². The molecule has 0 saturated heterocycles. The van der Waals surface area contributed by atoms with Gasteiger partial charge in [0.15, 0.2) is 0 Å². The number of fused-ring (bicyclic) bond motifs is 2. The third-order valence-electron chi connectivity index (χ3n) is 8.26. The molecule has 2 saturated carbocycles. The highest BCUT2D eigenvalue weighted by atomic mass is 16.3. The van der Waals surface area contributed by atoms with Crippen LogP contribution in [0.1, 0.15) is 58.0 Å². The zero-order chi connectivity index (χ0) is 24.1. The maximum Gasteiger partial charge on any atom is 0.113 e. The van der Waals surface area contributed by atoms with E-state index in [2.05, 4.69) is 34.2 Å². The lowest BCUT2D eigenvalue weighted by atomic mass is 9.68. The molecule has 2 N–H and O–H groups in total. The van der Waals surface area contributed by atoms with E-state index in [-0.39, 0.29) is 23.9 Å². The topological polar surface area (TPSA) is 102 Å². The third-order valence-corrected chi connectivity index (χ3v) is 8.26. The zero-order valence-corrected chi connectivity index (χ0v) is 20.4. The molecule has 8 heteroatoms. The Labute approximate surface area is 204 Å². The van der Waals surface area contributed by atoms with E-state index in [4.69, 9.17) is 0 Å². The minimum Gasteiger partial charge on any atom is -0.391 e. The molecule has 2 heterocycles. The van der Waals surface area contributed by atoms with Crippen LogP contribution < -0.4 is 0 Å². The Balaban J connectivity index is 1.23. The Morgan fingerprint density at radius 2 is 0.971 bits per heavy atom. The van der Waals surface area contributed by atoms with Crippen molar-refractivity contribution in [1.82, 2.24) is 30.0 Å². The standard InChI is InChI=1S/C27H34N6O2/c1-16-11-18(26(34)24(13-16)32-28-20-7-3-4-8-21(20)29-32)15-19-12-17(2)14-25(27(19)35)33-30-22-9-5-6-10-23(22)31-33/h3-10,16-19,24-27,34-35H,11-15H2,1-2H3. The van der Waals surface area contributed by atoms with Crippen molar-refractivity contribution < 1.29 is 10.2 Å². The van der Waals surface area contributed by atoms with Crippen LogP contribution >= 0.6 is 0 Å². The van der Waals surface area contributed by atoms with Gasteiger partial charge in [0.05, 0.1) is 24.3 Å². The lowest BCUT2D eigenvalue weighted by Gasteiger charge is -2.43. The van der Waals surface area contributed by atoms with E-state index in [0.29, 0.717) is 11.8 Å². The van der Waals surface area contributed by atoms with E-state index in [1.54, 1.807) is 9.59 Å². The van der Waals surface area contributed by atoms with Crippen molar-refractivity contribution in [3.05, 3.63) is 48.5 Å². The lowest BCUT2D eigenvalue weighted by Crippen LogP contribution is -2.44. The highest BCUT2D eigenvalue weighted by Gasteiger charge is 2.43. The van der Waals surface area contributed by atoms with Crippen LogP contribution in [0, 0.1) is 23.7 Å². The van der Waals surface area contributed by atoms with E-state index in [0.717, 1.165) is 54.2 Å². The Kier molecular flexibility index (Phi) is 5.81. The van der Waals surface area contributed by atoms with Crippen molar-refractivity contribution in [3.63, 3.8) is 0 Å². The lowest BCUT2D eigenvalue weighted by molar-refractivity contribution is -0.0508. The first kappa shape index (κ1) is 22.6. The molecule has 2 aromatic carbocycles. The van der Waals surface area contributed by atoms with Crippen LogP contribution in [0.3, 0.4) is 0 Å². The molecule has 35 heavy (non-hydrogen) atoms. The molecule has 8 atom stereocenters. The second-order valence-corrected chi connectivity index (χ2v) is 11.0. The number of hydrogen-bond acceptors (Lipinski definition) is 6. The molecule has 6 rings (SSSR count). The zero-order valence-electron chi connectivity index (χ0n) is 20.4. The maximum absolute atomic E-state index is 11.5. The van der Waals surface area contributed by atoms with Gasteiger partial charge in [-0.15, -0.1) is 0 Å². The van der Waals surface area contributed by atoms with Gasteiger partial charge in [0.2, 0.25) is 0 Å². The predicted molar refractivity (Wildman–Crippen MR) is 134 cm³/mol. The molecule has 2 aliphatic rings. The molecule has 0 spiro atoms. The molecule has 184 valence electrons. The summed E-state index contributed by atoms with van der Waals surface area (Å²) in [5, 5.41) is 41.7. The fraction of sp³-hybridized carbons (Fsp3) is 0.556. The minimum atomic E-state index is -0.540. The Morgan fingerprint density at radius 3 is 1.31 bits per heavy atom. The van der Waals surface area contributed by atoms with Gasteiger partial charge >= 0.3 is 0 Å². The van der Waals surface area contributed by atoms with E-state index in [1.165, 1.54) is 0 Å². The summed E-state index contributed by atoms with van der Waals surface area (Å²) in [5.41, 5.74) is 3.42. The summed E-state index contributed by atoms with van der Waals surface area (Å²) >= 11 is 0. The molecule has 2 aliphatic carbocycles. The summed E-state index contributed by atoms with van der Waals surface area (Å²) in [7, 11) is 0. The van der Waals surface area contributed by atoms with Crippen molar-refractivity contribution in [2.45, 2.75) is 70.2 Å². The average molecular weight is 475 g/mol. The number of rotatable bonds is 4. The molecular weight excluding hydrogens is 440 g/mol. The number of hydrogen-bond donors (Lipinski definition) is 2. The summed E-state index contributed by atoms with van der Waals surface area (Å²) in [6, 6.07) is 15.4. The number of aliphatic hydroxyl groups is 2. The van der Waals surface area contributed by atoms with Gasteiger partial charge in [-0.05, 0) is 80.0 Å². The van der Waals surface area contributed by atoms with Gasteiger partial charge in [-0.1, -0.05) is 38.1 Å². The molecule has 4 aromatic rings. The normalized spacial score (nSPS) is 33.9. The third kappa shape index (κ3) is 4.23. The van der Waals surface area contributed by atoms with E-state index in [9.17, 15) is 10.2 Å². The molecule has 2 fully saturated rings. The van der Waals surface area contributed by atoms with Crippen LogP contribution in [0.4, 0.5) is 0 Å². The van der Waals surface area contributed by atoms with E-state index >= 15 is 0 Å². The van der Waals surface area contributed by atoms with Crippen molar-refractivity contribution in [3.8, 4) is 0 Å². The van der Waals surface area contributed by atoms with Crippen molar-refractivity contribution in [2.24, 2.45) is 23.7 Å². The summed E-state index contributed by atoms with van der Waals surface area (Å²) in [5.74, 6) is 1.09. The van der Waals surface area contributed by atoms with E-state index < -0.39 is 12.2 Å². The van der Waals surface area contributed by atoms with Crippen molar-refractivity contribution >= 4 is 22.1 Å². The first-order chi connectivity index (χ1) is 17.0. The number of benzene rings is 2. The Morgan fingerprint density at radius 1 is 0.629 bits per heavy atom. The van der Waals surface area contributed by atoms with Gasteiger partial charge < -0.3 is 10.2 Å². The van der Waals surface area contributed by atoms with Gasteiger partial charge in [-0.2, -0.15) is 30.0 Å². The number of nitrogens with zero attached hydrogens (tertiary/aromatic N) is 6. The Hall–Kier alpha value is -2.84. The second-order valence-electron chi connectivity index (χ2n) is 11.0. The van der Waals surface area contributed by atoms with E-state index in [1.807, 2.05) is 48.5 Å². The largest absolute Gasteiger partial charge is 0.391 e. The minimum absolute atomic E-state index is 0.0908. The fourth-order valence-corrected chi connectivity index (χ4v) is 6.61. The molecular formula is C27H34N6O2. The molecule has 0 radical (unpaired) electrons. The molecule has 0 aliphatic heterocycles. The van der Waals surface area contributed by atoms with Crippen LogP contribution in [-0.2, 0) is 0 Å². The Bertz CT molecular complexity index is 1150. The molecule has 2 aromatic heterocycles. The van der Waals surface area contributed by atoms with Crippen LogP contribution in [0.15, 0.2) is 48.5 Å². The van der Waals surface area contributed by atoms with Gasteiger partial charge in [-0.3, -0.25) is 0 Å². The predicted octanol–water partition coefficient (Wildman–Crippen LogP) is 4.16. The van der Waals surface area contributed by atoms with Crippen LogP contribution in [0.25, 0.3) is 22.1 Å². The molecule has 0 bridgehead atoms. The van der Waals surface area contributed by atoms with Crippen molar-refractivity contribution in [1.29, 1.82) is 0 Å². The van der Waals surface area contributed by atoms with Gasteiger partial charge in [-0.25, -0.2) is 0 Å². The summed E-state index contributed by atoms with van der Waals surface area (Å²) in [4.78, 5) is 3.47. The maximum atomic E-state index is 11.5. The summed E-state index contributed by atoms with van der Waals surface area (Å²) < 4.78 is 0. The fourth-order valence-electron chi connectivity index (χ4n) is 6.61. The first-order valence-electron chi connectivity index (χ1n) is 13.0. The van der Waals surface area contributed by atoms with Crippen LogP contribution in [-0.4, -0.2) is 52.4 Å². The van der Waals surface area contributed by atoms with Gasteiger partial charge in [0, 0.05) is 0 Å². The number of aromatic nitrogens is 6. The SMILES string of the molecule is CC1CC(CC2CC(C)CC(n3nc4ccccc4n3)C2O)C(O)C(n2nc3ccccc3n2)C1. The first-order valence-corrected chi connectivity index (χ1v) is 13.0. The quantitative estimate of drug-likeness (QED) is 0.460. The highest BCUT2D eigenvalue weighted by Crippen LogP contribution is 2.44. The molecule has 8 unspecified atom stereocenters. The number of aliphatic hydroxyl groups excluding tert-OH is 2. The van der Waals surface area contributed by atoms with Crippen molar-refractivity contribution in [2.75, 3.05) is 0 Å². The highest BCUT2D eigenvalue weighted by molar-refractivity contribution is 5.73.